The number of carboxylic acids is 1. The van der Waals surface area contributed by atoms with E-state index in [0.29, 0.717) is 5.56 Å². The molecule has 2 rings (SSSR count). The van der Waals surface area contributed by atoms with Crippen molar-refractivity contribution in [2.45, 2.75) is 6.92 Å². The van der Waals surface area contributed by atoms with Gasteiger partial charge in [-0.2, -0.15) is 5.26 Å². The van der Waals surface area contributed by atoms with Gasteiger partial charge in [0.2, 0.25) is 0 Å². The van der Waals surface area contributed by atoms with E-state index < -0.39 is 11.9 Å². The topological polar surface area (TPSA) is 118 Å². The Morgan fingerprint density at radius 2 is 2.09 bits per heavy atom. The number of benzene rings is 1. The Bertz CT molecular complexity index is 815. The summed E-state index contributed by atoms with van der Waals surface area (Å²) in [6, 6.07) is 6.58. The number of methoxy groups -OCH3 is 1. The Kier molecular flexibility index (Phi) is 3.86. The number of aromatic nitrogens is 1. The van der Waals surface area contributed by atoms with Crippen LogP contribution in [0.5, 0.6) is 0 Å². The van der Waals surface area contributed by atoms with Crippen molar-refractivity contribution in [3.05, 3.63) is 46.8 Å². The Morgan fingerprint density at radius 3 is 2.64 bits per heavy atom. The highest BCUT2D eigenvalue weighted by atomic mass is 16.5. The lowest BCUT2D eigenvalue weighted by Crippen LogP contribution is -2.14. The van der Waals surface area contributed by atoms with E-state index in [0.717, 1.165) is 0 Å². The predicted octanol–water partition coefficient (Wildman–Crippen LogP) is 1.72. The number of aryl methyl sites for hydroxylation is 1. The maximum atomic E-state index is 12.0. The molecule has 112 valence electrons. The van der Waals surface area contributed by atoms with Crippen molar-refractivity contribution in [1.29, 1.82) is 5.26 Å². The minimum atomic E-state index is -1.15. The average molecular weight is 299 g/mol. The lowest BCUT2D eigenvalue weighted by atomic mass is 10.1. The number of carbonyl (C=O) groups excluding carboxylic acids is 1. The zero-order valence-corrected chi connectivity index (χ0v) is 12.0. The molecule has 7 heteroatoms. The third kappa shape index (κ3) is 2.27. The Morgan fingerprint density at radius 1 is 1.41 bits per heavy atom. The van der Waals surface area contributed by atoms with Crippen LogP contribution in [0.15, 0.2) is 24.4 Å². The summed E-state index contributed by atoms with van der Waals surface area (Å²) in [5.74, 6) is -1.90. The van der Waals surface area contributed by atoms with Gasteiger partial charge >= 0.3 is 11.9 Å². The van der Waals surface area contributed by atoms with Gasteiger partial charge in [0.1, 0.15) is 6.07 Å². The molecule has 0 fully saturated rings. The minimum absolute atomic E-state index is 0.00959. The van der Waals surface area contributed by atoms with E-state index in [9.17, 15) is 14.7 Å². The molecule has 0 bridgehead atoms. The lowest BCUT2D eigenvalue weighted by molar-refractivity contribution is 0.0591. The molecular formula is C15H13N3O4. The van der Waals surface area contributed by atoms with E-state index in [1.165, 1.54) is 23.9 Å². The van der Waals surface area contributed by atoms with Gasteiger partial charge in [0, 0.05) is 6.20 Å². The SMILES string of the molecule is COC(=O)c1c(N)c(C#N)cn1-c1c(C)cccc1C(=O)O. The van der Waals surface area contributed by atoms with E-state index in [1.807, 2.05) is 6.07 Å². The number of nitrogens with two attached hydrogens (primary N) is 1. The molecule has 0 spiro atoms. The van der Waals surface area contributed by atoms with E-state index in [4.69, 9.17) is 11.0 Å². The maximum Gasteiger partial charge on any atom is 0.357 e. The number of para-hydroxylation sites is 1. The number of aromatic carboxylic acids is 1. The Labute approximate surface area is 126 Å². The van der Waals surface area contributed by atoms with Crippen LogP contribution < -0.4 is 5.73 Å². The van der Waals surface area contributed by atoms with Crippen molar-refractivity contribution < 1.29 is 19.4 Å². The van der Waals surface area contributed by atoms with Crippen molar-refractivity contribution in [1.82, 2.24) is 4.57 Å². The number of nitriles is 1. The molecular weight excluding hydrogens is 286 g/mol. The summed E-state index contributed by atoms with van der Waals surface area (Å²) in [4.78, 5) is 23.4. The van der Waals surface area contributed by atoms with Crippen LogP contribution in [0.1, 0.15) is 32.0 Å². The van der Waals surface area contributed by atoms with Crippen LogP contribution in [0.4, 0.5) is 5.69 Å². The number of hydrogen-bond donors (Lipinski definition) is 2. The number of nitrogens with zero attached hydrogens (tertiary/aromatic N) is 2. The second-order valence-electron chi connectivity index (χ2n) is 4.55. The summed E-state index contributed by atoms with van der Waals surface area (Å²) in [5.41, 5.74) is 6.63. The zero-order chi connectivity index (χ0) is 16.4. The van der Waals surface area contributed by atoms with Crippen LogP contribution in [0.3, 0.4) is 0 Å². The molecule has 0 saturated heterocycles. The molecule has 0 radical (unpaired) electrons. The van der Waals surface area contributed by atoms with Gasteiger partial charge in [-0.3, -0.25) is 0 Å². The quantitative estimate of drug-likeness (QED) is 0.833. The first-order valence-electron chi connectivity index (χ1n) is 6.24. The lowest BCUT2D eigenvalue weighted by Gasteiger charge is -2.14. The van der Waals surface area contributed by atoms with E-state index in [-0.39, 0.29) is 28.2 Å². The number of anilines is 1. The Hall–Kier alpha value is -3.27. The van der Waals surface area contributed by atoms with Crippen molar-refractivity contribution in [2.75, 3.05) is 12.8 Å². The normalized spacial score (nSPS) is 10.0. The molecule has 1 aromatic carbocycles. The minimum Gasteiger partial charge on any atom is -0.478 e. The summed E-state index contributed by atoms with van der Waals surface area (Å²) in [7, 11) is 1.18. The van der Waals surface area contributed by atoms with Gasteiger partial charge < -0.3 is 20.1 Å². The molecule has 0 amide bonds. The van der Waals surface area contributed by atoms with Gasteiger partial charge in [-0.25, -0.2) is 9.59 Å². The third-order valence-corrected chi connectivity index (χ3v) is 3.25. The fraction of sp³-hybridized carbons (Fsp3) is 0.133. The zero-order valence-electron chi connectivity index (χ0n) is 12.0. The Balaban J connectivity index is 2.88. The van der Waals surface area contributed by atoms with Crippen LogP contribution in [-0.4, -0.2) is 28.7 Å². The molecule has 0 aliphatic heterocycles. The van der Waals surface area contributed by atoms with Gasteiger partial charge in [0.05, 0.1) is 29.6 Å². The second kappa shape index (κ2) is 5.61. The molecule has 0 unspecified atom stereocenters. The van der Waals surface area contributed by atoms with E-state index in [1.54, 1.807) is 19.1 Å². The first-order chi connectivity index (χ1) is 10.4. The van der Waals surface area contributed by atoms with Gasteiger partial charge in [0.25, 0.3) is 0 Å². The van der Waals surface area contributed by atoms with Crippen LogP contribution >= 0.6 is 0 Å². The maximum absolute atomic E-state index is 12.0. The number of rotatable bonds is 3. The standard InChI is InChI=1S/C15H13N3O4/c1-8-4-3-5-10(14(19)20)12(8)18-7-9(6-16)11(17)13(18)15(21)22-2/h3-5,7H,17H2,1-2H3,(H,19,20). The van der Waals surface area contributed by atoms with Gasteiger partial charge in [-0.15, -0.1) is 0 Å². The largest absolute Gasteiger partial charge is 0.478 e. The first-order valence-corrected chi connectivity index (χ1v) is 6.24. The number of esters is 1. The third-order valence-electron chi connectivity index (χ3n) is 3.25. The highest BCUT2D eigenvalue weighted by Gasteiger charge is 2.25. The van der Waals surface area contributed by atoms with Gasteiger partial charge in [-0.05, 0) is 18.6 Å². The van der Waals surface area contributed by atoms with E-state index >= 15 is 0 Å². The molecule has 0 saturated carbocycles. The fourth-order valence-electron chi connectivity index (χ4n) is 2.24. The number of carbonyl (C=O) groups is 2. The van der Waals surface area contributed by atoms with Crippen molar-refractivity contribution in [3.8, 4) is 11.8 Å². The highest BCUT2D eigenvalue weighted by Crippen LogP contribution is 2.28. The average Bonchev–Trinajstić information content (AvgIpc) is 2.82. The molecule has 1 heterocycles. The van der Waals surface area contributed by atoms with Crippen LogP contribution in [-0.2, 0) is 4.74 Å². The molecule has 0 aliphatic rings. The summed E-state index contributed by atoms with van der Waals surface area (Å²) in [5, 5.41) is 18.4. The summed E-state index contributed by atoms with van der Waals surface area (Å²) in [6.45, 7) is 1.70. The van der Waals surface area contributed by atoms with Crippen LogP contribution in [0, 0.1) is 18.3 Å². The van der Waals surface area contributed by atoms with Crippen LogP contribution in [0.2, 0.25) is 0 Å². The highest BCUT2D eigenvalue weighted by molar-refractivity contribution is 5.98. The predicted molar refractivity (Wildman–Crippen MR) is 77.9 cm³/mol. The van der Waals surface area contributed by atoms with Gasteiger partial charge in [-0.1, -0.05) is 12.1 Å². The number of carboxylic acid groups (broad SMARTS) is 1. The molecule has 2 aromatic rings. The smallest absolute Gasteiger partial charge is 0.357 e. The number of ether oxygens (including phenoxy) is 1. The number of hydrogen-bond acceptors (Lipinski definition) is 5. The summed E-state index contributed by atoms with van der Waals surface area (Å²) in [6.07, 6.45) is 1.33. The molecule has 0 atom stereocenters. The monoisotopic (exact) mass is 299 g/mol. The molecule has 1 aromatic heterocycles. The molecule has 0 aliphatic carbocycles. The van der Waals surface area contributed by atoms with Crippen LogP contribution in [0.25, 0.3) is 5.69 Å². The second-order valence-corrected chi connectivity index (χ2v) is 4.55. The molecule has 3 N–H and O–H groups in total. The van der Waals surface area contributed by atoms with Crippen molar-refractivity contribution in [3.63, 3.8) is 0 Å². The molecule has 7 nitrogen and oxygen atoms in total. The fourth-order valence-corrected chi connectivity index (χ4v) is 2.24. The van der Waals surface area contributed by atoms with E-state index in [2.05, 4.69) is 4.74 Å². The summed E-state index contributed by atoms with van der Waals surface area (Å²) >= 11 is 0. The molecule has 22 heavy (non-hydrogen) atoms. The van der Waals surface area contributed by atoms with Gasteiger partial charge in [0.15, 0.2) is 5.69 Å². The number of nitrogen functional groups attached to an aromatic ring is 1. The first kappa shape index (κ1) is 15.1. The summed E-state index contributed by atoms with van der Waals surface area (Å²) < 4.78 is 5.97. The van der Waals surface area contributed by atoms with Crippen molar-refractivity contribution in [2.24, 2.45) is 0 Å². The van der Waals surface area contributed by atoms with Crippen molar-refractivity contribution >= 4 is 17.6 Å².